The van der Waals surface area contributed by atoms with Crippen LogP contribution in [0.1, 0.15) is 29.7 Å². The van der Waals surface area contributed by atoms with Crippen LogP contribution >= 0.6 is 23.8 Å². The molecule has 0 radical (unpaired) electrons. The lowest BCUT2D eigenvalue weighted by atomic mass is 9.98. The molecule has 0 aliphatic carbocycles. The Kier molecular flexibility index (Phi) is 6.22. The number of thiocarbonyl (C=S) groups is 1. The van der Waals surface area contributed by atoms with E-state index in [1.807, 2.05) is 36.4 Å². The van der Waals surface area contributed by atoms with Crippen LogP contribution in [0.4, 0.5) is 5.69 Å². The fourth-order valence-electron chi connectivity index (χ4n) is 5.16. The monoisotopic (exact) mass is 526 g/mol. The van der Waals surface area contributed by atoms with Crippen molar-refractivity contribution in [1.82, 2.24) is 14.2 Å². The number of rotatable bonds is 5. The van der Waals surface area contributed by atoms with Crippen LogP contribution in [0.25, 0.3) is 28.2 Å². The van der Waals surface area contributed by atoms with Gasteiger partial charge in [-0.25, -0.2) is 4.52 Å². The minimum Gasteiger partial charge on any atom is -0.497 e. The van der Waals surface area contributed by atoms with Crippen LogP contribution in [0, 0.1) is 6.92 Å². The lowest BCUT2D eigenvalue weighted by molar-refractivity contribution is 0.415. The largest absolute Gasteiger partial charge is 0.497 e. The number of ether oxygens (including phenoxy) is 1. The maximum atomic E-state index is 6.26. The molecule has 5 aromatic rings. The van der Waals surface area contributed by atoms with E-state index >= 15 is 0 Å². The number of aryl methyl sites for hydroxylation is 3. The number of halogens is 1. The summed E-state index contributed by atoms with van der Waals surface area (Å²) in [6, 6.07) is 24.4. The van der Waals surface area contributed by atoms with E-state index in [2.05, 4.69) is 57.7 Å². The molecule has 0 saturated heterocycles. The molecule has 0 fully saturated rings. The van der Waals surface area contributed by atoms with Crippen LogP contribution in [-0.2, 0) is 13.0 Å². The number of hydrogen-bond acceptors (Lipinski definition) is 3. The normalized spacial score (nSPS) is 12.9. The lowest BCUT2D eigenvalue weighted by Crippen LogP contribution is -2.15. The average Bonchev–Trinajstić information content (AvgIpc) is 3.33. The van der Waals surface area contributed by atoms with E-state index in [1.54, 1.807) is 7.11 Å². The van der Waals surface area contributed by atoms with Gasteiger partial charge < -0.3 is 14.6 Å². The van der Waals surface area contributed by atoms with Gasteiger partial charge in [-0.1, -0.05) is 65.8 Å². The van der Waals surface area contributed by atoms with Crippen molar-refractivity contribution in [2.24, 2.45) is 0 Å². The van der Waals surface area contributed by atoms with Gasteiger partial charge in [-0.15, -0.1) is 5.10 Å². The first kappa shape index (κ1) is 23.8. The van der Waals surface area contributed by atoms with Gasteiger partial charge in [-0.05, 0) is 68.1 Å². The molecule has 2 aromatic heterocycles. The summed E-state index contributed by atoms with van der Waals surface area (Å²) in [5.41, 5.74) is 8.73. The van der Waals surface area contributed by atoms with Crippen LogP contribution in [0.15, 0.2) is 72.8 Å². The molecule has 186 valence electrons. The van der Waals surface area contributed by atoms with Gasteiger partial charge >= 0.3 is 0 Å². The summed E-state index contributed by atoms with van der Waals surface area (Å²) in [4.78, 5) is 0.622. The Morgan fingerprint density at radius 2 is 1.65 bits per heavy atom. The second kappa shape index (κ2) is 9.69. The van der Waals surface area contributed by atoms with Gasteiger partial charge in [0, 0.05) is 33.9 Å². The van der Waals surface area contributed by atoms with Crippen LogP contribution < -0.4 is 10.1 Å². The van der Waals surface area contributed by atoms with Gasteiger partial charge in [0.1, 0.15) is 22.1 Å². The molecule has 0 amide bonds. The number of nitrogens with one attached hydrogen (secondary N) is 1. The second-order valence-electron chi connectivity index (χ2n) is 9.43. The molecule has 0 unspecified atom stereocenters. The van der Waals surface area contributed by atoms with Crippen molar-refractivity contribution in [3.63, 3.8) is 0 Å². The highest BCUT2D eigenvalue weighted by Crippen LogP contribution is 2.39. The number of nitrogens with zero attached hydrogens (tertiary/aromatic N) is 3. The predicted octanol–water partition coefficient (Wildman–Crippen LogP) is 7.56. The molecule has 7 heteroatoms. The molecular weight excluding hydrogens is 500 g/mol. The van der Waals surface area contributed by atoms with E-state index < -0.39 is 0 Å². The van der Waals surface area contributed by atoms with E-state index in [0.29, 0.717) is 10.0 Å². The van der Waals surface area contributed by atoms with Gasteiger partial charge in [0.05, 0.1) is 7.11 Å². The molecule has 0 saturated carbocycles. The smallest absolute Gasteiger partial charge is 0.162 e. The Hall–Kier alpha value is -3.61. The summed E-state index contributed by atoms with van der Waals surface area (Å²) < 4.78 is 9.74. The SMILES string of the molecule is COc1ccc(NC(=S)c2c(-c3ccc(Cl)cc3)c3c4n(c(-c5ccc(C)cc5)nn24)CCCC3)cc1. The van der Waals surface area contributed by atoms with Gasteiger partial charge in [-0.2, -0.15) is 0 Å². The lowest BCUT2D eigenvalue weighted by Gasteiger charge is -2.12. The standard InChI is InChI=1S/C30H27ClN4OS/c1-19-6-8-21(9-7-19)28-33-35-27(29(37)32-23-14-16-24(36-2)17-15-23)26(20-10-12-22(31)13-11-20)25-5-3-4-18-34(28)30(25)35/h6-17H,3-5,18H2,1-2H3,(H,32,37). The highest BCUT2D eigenvalue weighted by atomic mass is 35.5. The first-order valence-corrected chi connectivity index (χ1v) is 13.2. The third kappa shape index (κ3) is 4.30. The van der Waals surface area contributed by atoms with Crippen molar-refractivity contribution < 1.29 is 4.74 Å². The molecule has 1 N–H and O–H groups in total. The third-order valence-electron chi connectivity index (χ3n) is 6.99. The maximum absolute atomic E-state index is 6.26. The van der Waals surface area contributed by atoms with Gasteiger partial charge in [0.25, 0.3) is 0 Å². The van der Waals surface area contributed by atoms with Crippen molar-refractivity contribution in [1.29, 1.82) is 0 Å². The van der Waals surface area contributed by atoms with Crippen LogP contribution in [0.3, 0.4) is 0 Å². The average molecular weight is 527 g/mol. The fourth-order valence-corrected chi connectivity index (χ4v) is 5.59. The Bertz CT molecular complexity index is 1600. The first-order chi connectivity index (χ1) is 18.0. The minimum absolute atomic E-state index is 0.622. The molecule has 37 heavy (non-hydrogen) atoms. The maximum Gasteiger partial charge on any atom is 0.162 e. The zero-order valence-corrected chi connectivity index (χ0v) is 22.4. The van der Waals surface area contributed by atoms with Crippen LogP contribution in [-0.4, -0.2) is 26.3 Å². The van der Waals surface area contributed by atoms with Gasteiger partial charge in [0.2, 0.25) is 0 Å². The number of benzene rings is 3. The molecule has 1 aliphatic rings. The number of aromatic nitrogens is 3. The van der Waals surface area contributed by atoms with Gasteiger partial charge in [-0.3, -0.25) is 0 Å². The van der Waals surface area contributed by atoms with E-state index in [-0.39, 0.29) is 0 Å². The van der Waals surface area contributed by atoms with Crippen molar-refractivity contribution in [3.05, 3.63) is 94.6 Å². The summed E-state index contributed by atoms with van der Waals surface area (Å²) in [6.45, 7) is 3.02. The molecule has 6 rings (SSSR count). The van der Waals surface area contributed by atoms with Crippen LogP contribution in [0.2, 0.25) is 5.02 Å². The molecule has 0 atom stereocenters. The third-order valence-corrected chi connectivity index (χ3v) is 7.54. The van der Waals surface area contributed by atoms with Crippen molar-refractivity contribution in [2.75, 3.05) is 12.4 Å². The van der Waals surface area contributed by atoms with Crippen LogP contribution in [0.5, 0.6) is 5.75 Å². The number of anilines is 1. The summed E-state index contributed by atoms with van der Waals surface area (Å²) in [7, 11) is 1.66. The highest BCUT2D eigenvalue weighted by molar-refractivity contribution is 7.81. The van der Waals surface area contributed by atoms with E-state index in [0.717, 1.165) is 71.1 Å². The molecule has 0 spiro atoms. The summed E-state index contributed by atoms with van der Waals surface area (Å²) in [5, 5.41) is 9.35. The molecule has 0 bridgehead atoms. The quantitative estimate of drug-likeness (QED) is 0.240. The van der Waals surface area contributed by atoms with E-state index in [1.165, 1.54) is 11.1 Å². The predicted molar refractivity (Wildman–Crippen MR) is 155 cm³/mol. The number of methoxy groups -OCH3 is 1. The molecule has 3 heterocycles. The van der Waals surface area contributed by atoms with Crippen molar-refractivity contribution in [2.45, 2.75) is 32.7 Å². The minimum atomic E-state index is 0.622. The first-order valence-electron chi connectivity index (χ1n) is 12.5. The topological polar surface area (TPSA) is 43.5 Å². The molecular formula is C30H27ClN4OS. The Morgan fingerprint density at radius 1 is 0.946 bits per heavy atom. The number of hydrogen-bond donors (Lipinski definition) is 1. The zero-order chi connectivity index (χ0) is 25.5. The summed E-state index contributed by atoms with van der Waals surface area (Å²) in [5.74, 6) is 1.77. The summed E-state index contributed by atoms with van der Waals surface area (Å²) >= 11 is 12.3. The van der Waals surface area contributed by atoms with Crippen molar-refractivity contribution >= 4 is 40.1 Å². The zero-order valence-electron chi connectivity index (χ0n) is 20.8. The second-order valence-corrected chi connectivity index (χ2v) is 10.3. The Labute approximate surface area is 226 Å². The molecule has 1 aliphatic heterocycles. The Morgan fingerprint density at radius 3 is 2.35 bits per heavy atom. The van der Waals surface area contributed by atoms with E-state index in [4.69, 9.17) is 33.7 Å². The van der Waals surface area contributed by atoms with Gasteiger partial charge in [0.15, 0.2) is 5.82 Å². The molecule has 3 aromatic carbocycles. The Balaban J connectivity index is 1.57. The summed E-state index contributed by atoms with van der Waals surface area (Å²) in [6.07, 6.45) is 3.17. The van der Waals surface area contributed by atoms with Crippen molar-refractivity contribution in [3.8, 4) is 28.3 Å². The fraction of sp³-hybridized carbons (Fsp3) is 0.200. The highest BCUT2D eigenvalue weighted by Gasteiger charge is 2.29. The molecule has 5 nitrogen and oxygen atoms in total. The van der Waals surface area contributed by atoms with E-state index in [9.17, 15) is 0 Å².